The Bertz CT molecular complexity index is 445. The molecule has 0 aromatic heterocycles. The highest BCUT2D eigenvalue weighted by Crippen LogP contribution is 2.49. The standard InChI is InChI=1S/C17H29BO4/c1-12-8-10-17(11-9-12,14(19)20-7)13(2)18-21-15(3,4)16(5,6)22-18/h12H,2,8-11H2,1,3-7H3. The van der Waals surface area contributed by atoms with Gasteiger partial charge in [0, 0.05) is 0 Å². The summed E-state index contributed by atoms with van der Waals surface area (Å²) in [6.07, 6.45) is 3.49. The van der Waals surface area contributed by atoms with E-state index >= 15 is 0 Å². The lowest BCUT2D eigenvalue weighted by atomic mass is 9.56. The van der Waals surface area contributed by atoms with Crippen molar-refractivity contribution >= 4 is 13.1 Å². The molecule has 1 saturated heterocycles. The second-order valence-corrected chi connectivity index (χ2v) is 7.87. The lowest BCUT2D eigenvalue weighted by molar-refractivity contribution is -0.152. The highest BCUT2D eigenvalue weighted by Gasteiger charge is 2.57. The number of esters is 1. The molecule has 0 spiro atoms. The molecular formula is C17H29BO4. The molecule has 2 aliphatic rings. The molecule has 0 aromatic carbocycles. The number of methoxy groups -OCH3 is 1. The van der Waals surface area contributed by atoms with Crippen LogP contribution in [0.4, 0.5) is 0 Å². The summed E-state index contributed by atoms with van der Waals surface area (Å²) >= 11 is 0. The fraction of sp³-hybridized carbons (Fsp3) is 0.824. The molecule has 22 heavy (non-hydrogen) atoms. The van der Waals surface area contributed by atoms with Gasteiger partial charge >= 0.3 is 13.1 Å². The first-order valence-corrected chi connectivity index (χ1v) is 8.19. The average Bonchev–Trinajstić information content (AvgIpc) is 2.67. The second-order valence-electron chi connectivity index (χ2n) is 7.87. The van der Waals surface area contributed by atoms with Crippen LogP contribution in [0.25, 0.3) is 0 Å². The van der Waals surface area contributed by atoms with E-state index in [0.717, 1.165) is 25.7 Å². The van der Waals surface area contributed by atoms with Crippen LogP contribution in [-0.4, -0.2) is 31.4 Å². The van der Waals surface area contributed by atoms with Crippen LogP contribution in [0.15, 0.2) is 12.1 Å². The van der Waals surface area contributed by atoms with Gasteiger partial charge in [0.2, 0.25) is 0 Å². The zero-order chi connectivity index (χ0) is 16.8. The Morgan fingerprint density at radius 2 is 1.59 bits per heavy atom. The predicted molar refractivity (Wildman–Crippen MR) is 87.3 cm³/mol. The van der Waals surface area contributed by atoms with E-state index in [0.29, 0.717) is 11.4 Å². The van der Waals surface area contributed by atoms with Gasteiger partial charge in [-0.3, -0.25) is 4.79 Å². The molecular weight excluding hydrogens is 279 g/mol. The quantitative estimate of drug-likeness (QED) is 0.591. The van der Waals surface area contributed by atoms with Crippen molar-refractivity contribution in [3.05, 3.63) is 12.1 Å². The number of ether oxygens (including phenoxy) is 1. The molecule has 1 saturated carbocycles. The minimum Gasteiger partial charge on any atom is -0.468 e. The van der Waals surface area contributed by atoms with Gasteiger partial charge < -0.3 is 14.0 Å². The van der Waals surface area contributed by atoms with Crippen molar-refractivity contribution in [3.8, 4) is 0 Å². The smallest absolute Gasteiger partial charge is 0.468 e. The Morgan fingerprint density at radius 3 is 2.00 bits per heavy atom. The summed E-state index contributed by atoms with van der Waals surface area (Å²) in [6.45, 7) is 14.5. The van der Waals surface area contributed by atoms with E-state index < -0.39 is 23.7 Å². The lowest BCUT2D eigenvalue weighted by Crippen LogP contribution is -2.43. The Morgan fingerprint density at radius 1 is 1.14 bits per heavy atom. The van der Waals surface area contributed by atoms with Crippen molar-refractivity contribution < 1.29 is 18.8 Å². The zero-order valence-corrected chi connectivity index (χ0v) is 14.8. The van der Waals surface area contributed by atoms with Crippen LogP contribution < -0.4 is 0 Å². The van der Waals surface area contributed by atoms with Gasteiger partial charge in [0.05, 0.1) is 23.7 Å². The lowest BCUT2D eigenvalue weighted by Gasteiger charge is -2.39. The Labute approximate surface area is 134 Å². The minimum absolute atomic E-state index is 0.209. The topological polar surface area (TPSA) is 44.8 Å². The summed E-state index contributed by atoms with van der Waals surface area (Å²) in [4.78, 5) is 12.5. The first-order valence-electron chi connectivity index (χ1n) is 8.19. The summed E-state index contributed by atoms with van der Waals surface area (Å²) < 4.78 is 17.3. The summed E-state index contributed by atoms with van der Waals surface area (Å²) in [5.41, 5.74) is -0.827. The second kappa shape index (κ2) is 5.68. The fourth-order valence-electron chi connectivity index (χ4n) is 3.32. The molecule has 2 rings (SSSR count). The van der Waals surface area contributed by atoms with E-state index in [1.807, 2.05) is 27.7 Å². The van der Waals surface area contributed by atoms with Gasteiger partial charge in [-0.15, -0.1) is 6.58 Å². The predicted octanol–water partition coefficient (Wildman–Crippen LogP) is 3.54. The molecule has 0 atom stereocenters. The van der Waals surface area contributed by atoms with E-state index in [4.69, 9.17) is 14.0 Å². The monoisotopic (exact) mass is 308 g/mol. The van der Waals surface area contributed by atoms with Crippen LogP contribution >= 0.6 is 0 Å². The van der Waals surface area contributed by atoms with Gasteiger partial charge in [-0.05, 0) is 64.8 Å². The minimum atomic E-state index is -0.678. The largest absolute Gasteiger partial charge is 0.491 e. The third-order valence-electron chi connectivity index (χ3n) is 5.86. The van der Waals surface area contributed by atoms with Gasteiger partial charge in [-0.1, -0.05) is 6.92 Å². The van der Waals surface area contributed by atoms with Crippen LogP contribution in [0.3, 0.4) is 0 Å². The van der Waals surface area contributed by atoms with Crippen LogP contribution in [0.5, 0.6) is 0 Å². The molecule has 2 fully saturated rings. The molecule has 0 bridgehead atoms. The molecule has 0 unspecified atom stereocenters. The summed E-state index contributed by atoms with van der Waals surface area (Å²) in [5.74, 6) is 0.419. The molecule has 1 aliphatic carbocycles. The van der Waals surface area contributed by atoms with Crippen LogP contribution in [0.2, 0.25) is 0 Å². The van der Waals surface area contributed by atoms with Crippen molar-refractivity contribution in [1.82, 2.24) is 0 Å². The fourth-order valence-corrected chi connectivity index (χ4v) is 3.32. The third kappa shape index (κ3) is 2.74. The highest BCUT2D eigenvalue weighted by molar-refractivity contribution is 6.55. The van der Waals surface area contributed by atoms with Crippen LogP contribution in [0, 0.1) is 11.3 Å². The molecule has 0 aromatic rings. The van der Waals surface area contributed by atoms with E-state index in [-0.39, 0.29) is 5.97 Å². The van der Waals surface area contributed by atoms with Gasteiger partial charge in [0.25, 0.3) is 0 Å². The van der Waals surface area contributed by atoms with E-state index in [1.165, 1.54) is 7.11 Å². The molecule has 4 nitrogen and oxygen atoms in total. The van der Waals surface area contributed by atoms with Crippen molar-refractivity contribution in [2.45, 2.75) is 71.5 Å². The van der Waals surface area contributed by atoms with E-state index in [9.17, 15) is 4.79 Å². The molecule has 1 aliphatic heterocycles. The van der Waals surface area contributed by atoms with E-state index in [2.05, 4.69) is 13.5 Å². The third-order valence-corrected chi connectivity index (χ3v) is 5.86. The van der Waals surface area contributed by atoms with Crippen molar-refractivity contribution in [2.75, 3.05) is 7.11 Å². The maximum absolute atomic E-state index is 12.5. The Kier molecular flexibility index (Phi) is 4.53. The Hall–Kier alpha value is -0.805. The maximum atomic E-state index is 12.5. The van der Waals surface area contributed by atoms with Gasteiger partial charge in [0.15, 0.2) is 0 Å². The maximum Gasteiger partial charge on any atom is 0.491 e. The molecule has 1 heterocycles. The zero-order valence-electron chi connectivity index (χ0n) is 14.8. The number of carbonyl (C=O) groups is 1. The van der Waals surface area contributed by atoms with Gasteiger partial charge in [-0.2, -0.15) is 0 Å². The SMILES string of the molecule is C=C(B1OC(C)(C)C(C)(C)O1)C1(C(=O)OC)CCC(C)CC1. The number of hydrogen-bond donors (Lipinski definition) is 0. The normalized spacial score (nSPS) is 33.5. The van der Waals surface area contributed by atoms with Crippen LogP contribution in [0.1, 0.15) is 60.3 Å². The van der Waals surface area contributed by atoms with Gasteiger partial charge in [-0.25, -0.2) is 0 Å². The van der Waals surface area contributed by atoms with Crippen LogP contribution in [-0.2, 0) is 18.8 Å². The summed E-state index contributed by atoms with van der Waals surface area (Å²) in [7, 11) is 0.886. The molecule has 0 amide bonds. The highest BCUT2D eigenvalue weighted by atomic mass is 16.7. The summed E-state index contributed by atoms with van der Waals surface area (Å²) in [5, 5.41) is 0. The molecule has 0 N–H and O–H groups in total. The van der Waals surface area contributed by atoms with Crippen molar-refractivity contribution in [3.63, 3.8) is 0 Å². The van der Waals surface area contributed by atoms with Crippen molar-refractivity contribution in [1.29, 1.82) is 0 Å². The number of hydrogen-bond acceptors (Lipinski definition) is 4. The first-order chi connectivity index (χ1) is 10.1. The first kappa shape index (κ1) is 17.5. The van der Waals surface area contributed by atoms with Gasteiger partial charge in [0.1, 0.15) is 0 Å². The molecule has 124 valence electrons. The summed E-state index contributed by atoms with van der Waals surface area (Å²) in [6, 6.07) is 0. The number of rotatable bonds is 3. The number of carbonyl (C=O) groups excluding carboxylic acids is 1. The molecule has 5 heteroatoms. The molecule has 0 radical (unpaired) electrons. The van der Waals surface area contributed by atoms with E-state index in [1.54, 1.807) is 0 Å². The average molecular weight is 308 g/mol. The Balaban J connectivity index is 2.26. The van der Waals surface area contributed by atoms with Crippen molar-refractivity contribution in [2.24, 2.45) is 11.3 Å².